The van der Waals surface area contributed by atoms with Crippen molar-refractivity contribution in [2.45, 2.75) is 25.4 Å². The van der Waals surface area contributed by atoms with Gasteiger partial charge < -0.3 is 14.9 Å². The summed E-state index contributed by atoms with van der Waals surface area (Å²) in [4.78, 5) is 49.9. The number of imide groups is 1. The van der Waals surface area contributed by atoms with E-state index in [0.29, 0.717) is 23.2 Å². The summed E-state index contributed by atoms with van der Waals surface area (Å²) in [6, 6.07) is 4.43. The van der Waals surface area contributed by atoms with Crippen LogP contribution in [0.2, 0.25) is 0 Å². The zero-order valence-corrected chi connectivity index (χ0v) is 13.1. The van der Waals surface area contributed by atoms with Gasteiger partial charge in [-0.3, -0.25) is 24.5 Å². The summed E-state index contributed by atoms with van der Waals surface area (Å²) in [7, 11) is 1.64. The van der Waals surface area contributed by atoms with Crippen LogP contribution in [0.5, 0.6) is 0 Å². The average molecular weight is 331 g/mol. The number of hydrogen-bond acceptors (Lipinski definition) is 5. The minimum atomic E-state index is -0.971. The largest absolute Gasteiger partial charge is 0.480 e. The summed E-state index contributed by atoms with van der Waals surface area (Å²) in [5.74, 6) is -2.04. The van der Waals surface area contributed by atoms with Gasteiger partial charge in [0.2, 0.25) is 11.8 Å². The molecule has 0 aliphatic carbocycles. The first-order chi connectivity index (χ1) is 11.4. The summed E-state index contributed by atoms with van der Waals surface area (Å²) in [5.41, 5.74) is 1.82. The molecule has 24 heavy (non-hydrogen) atoms. The quantitative estimate of drug-likeness (QED) is 0.750. The number of amides is 3. The van der Waals surface area contributed by atoms with Crippen molar-refractivity contribution in [2.75, 3.05) is 18.5 Å². The molecular weight excluding hydrogens is 314 g/mol. The van der Waals surface area contributed by atoms with Crippen molar-refractivity contribution >= 4 is 29.4 Å². The van der Waals surface area contributed by atoms with Crippen LogP contribution < -0.4 is 10.2 Å². The number of nitrogens with one attached hydrogen (secondary N) is 1. The molecule has 0 bridgehead atoms. The number of piperidine rings is 1. The van der Waals surface area contributed by atoms with Crippen molar-refractivity contribution in [2.24, 2.45) is 0 Å². The number of aliphatic carboxylic acids is 1. The lowest BCUT2D eigenvalue weighted by molar-refractivity contribution is -0.137. The Labute approximate surface area is 138 Å². The molecule has 0 spiro atoms. The maximum Gasteiger partial charge on any atom is 0.323 e. The molecule has 1 aromatic carbocycles. The average Bonchev–Trinajstić information content (AvgIpc) is 2.84. The van der Waals surface area contributed by atoms with Crippen LogP contribution in [-0.4, -0.2) is 53.3 Å². The van der Waals surface area contributed by atoms with Crippen molar-refractivity contribution in [3.63, 3.8) is 0 Å². The van der Waals surface area contributed by atoms with Gasteiger partial charge in [-0.2, -0.15) is 0 Å². The van der Waals surface area contributed by atoms with Gasteiger partial charge in [0.05, 0.1) is 0 Å². The molecule has 8 nitrogen and oxygen atoms in total. The molecule has 0 radical (unpaired) electrons. The van der Waals surface area contributed by atoms with Crippen LogP contribution >= 0.6 is 0 Å². The number of fused-ring (bicyclic) bond motifs is 1. The van der Waals surface area contributed by atoms with E-state index in [2.05, 4.69) is 5.32 Å². The Bertz CT molecular complexity index is 745. The molecule has 126 valence electrons. The highest BCUT2D eigenvalue weighted by Gasteiger charge is 2.40. The Kier molecular flexibility index (Phi) is 3.96. The lowest BCUT2D eigenvalue weighted by atomic mass is 10.0. The van der Waals surface area contributed by atoms with Crippen molar-refractivity contribution in [1.29, 1.82) is 0 Å². The number of carboxylic acids is 1. The van der Waals surface area contributed by atoms with Gasteiger partial charge in [0.15, 0.2) is 0 Å². The number of rotatable bonds is 4. The standard InChI is InChI=1S/C16H17N3O5/c1-18(8-14(21)22)11-4-2-3-9-10(11)7-19(16(9)24)12-5-6-13(20)17-15(12)23/h2-4,12H,5-8H2,1H3,(H,21,22)(H,17,20,23). The molecule has 2 aliphatic heterocycles. The minimum absolute atomic E-state index is 0.191. The van der Waals surface area contributed by atoms with Crippen LogP contribution in [0.15, 0.2) is 18.2 Å². The number of hydrogen-bond donors (Lipinski definition) is 2. The zero-order valence-electron chi connectivity index (χ0n) is 13.1. The molecule has 0 aromatic heterocycles. The summed E-state index contributed by atoms with van der Waals surface area (Å²) >= 11 is 0. The second kappa shape index (κ2) is 5.95. The second-order valence-electron chi connectivity index (χ2n) is 5.95. The second-order valence-corrected chi connectivity index (χ2v) is 5.95. The van der Waals surface area contributed by atoms with Gasteiger partial charge in [0.25, 0.3) is 5.91 Å². The zero-order chi connectivity index (χ0) is 17.4. The van der Waals surface area contributed by atoms with Crippen molar-refractivity contribution in [3.05, 3.63) is 29.3 Å². The number of carbonyl (C=O) groups excluding carboxylic acids is 3. The molecule has 3 rings (SSSR count). The maximum absolute atomic E-state index is 12.6. The van der Waals surface area contributed by atoms with Crippen LogP contribution in [0, 0.1) is 0 Å². The smallest absolute Gasteiger partial charge is 0.323 e. The lowest BCUT2D eigenvalue weighted by Crippen LogP contribution is -2.52. The topological polar surface area (TPSA) is 107 Å². The molecule has 2 aliphatic rings. The molecule has 2 heterocycles. The van der Waals surface area contributed by atoms with E-state index in [9.17, 15) is 19.2 Å². The van der Waals surface area contributed by atoms with Gasteiger partial charge in [-0.1, -0.05) is 6.07 Å². The molecule has 1 atom stereocenters. The number of likely N-dealkylation sites (N-methyl/N-ethyl adjacent to an activating group) is 1. The Morgan fingerprint density at radius 3 is 2.79 bits per heavy atom. The van der Waals surface area contributed by atoms with Crippen molar-refractivity contribution < 1.29 is 24.3 Å². The van der Waals surface area contributed by atoms with Crippen molar-refractivity contribution in [1.82, 2.24) is 10.2 Å². The summed E-state index contributed by atoms with van der Waals surface area (Å²) in [6.45, 7) is 0.0314. The van der Waals surface area contributed by atoms with E-state index in [1.807, 2.05) is 0 Å². The molecule has 1 aromatic rings. The summed E-state index contributed by atoms with van der Waals surface area (Å²) in [5, 5.41) is 11.2. The Morgan fingerprint density at radius 2 is 2.12 bits per heavy atom. The third-order valence-electron chi connectivity index (χ3n) is 4.34. The van der Waals surface area contributed by atoms with Gasteiger partial charge in [0, 0.05) is 36.8 Å². The highest BCUT2D eigenvalue weighted by molar-refractivity contribution is 6.06. The van der Waals surface area contributed by atoms with Gasteiger partial charge >= 0.3 is 5.97 Å². The molecule has 1 fully saturated rings. The first kappa shape index (κ1) is 16.0. The van der Waals surface area contributed by atoms with E-state index in [1.165, 1.54) is 4.90 Å². The van der Waals surface area contributed by atoms with E-state index in [4.69, 9.17) is 5.11 Å². The van der Waals surface area contributed by atoms with Gasteiger partial charge in [0.1, 0.15) is 12.6 Å². The van der Waals surface area contributed by atoms with Crippen LogP contribution in [0.3, 0.4) is 0 Å². The SMILES string of the molecule is CN(CC(=O)O)c1cccc2c1CN(C1CCC(=O)NC1=O)C2=O. The minimum Gasteiger partial charge on any atom is -0.480 e. The fourth-order valence-corrected chi connectivity index (χ4v) is 3.21. The monoisotopic (exact) mass is 331 g/mol. The van der Waals surface area contributed by atoms with Crippen LogP contribution in [0.4, 0.5) is 5.69 Å². The van der Waals surface area contributed by atoms with E-state index < -0.39 is 17.9 Å². The lowest BCUT2D eigenvalue weighted by Gasteiger charge is -2.29. The third kappa shape index (κ3) is 2.70. The fraction of sp³-hybridized carbons (Fsp3) is 0.375. The molecule has 8 heteroatoms. The Balaban J connectivity index is 1.88. The highest BCUT2D eigenvalue weighted by atomic mass is 16.4. The number of benzene rings is 1. The van der Waals surface area contributed by atoms with Crippen LogP contribution in [0.1, 0.15) is 28.8 Å². The molecular formula is C16H17N3O5. The summed E-state index contributed by atoms with van der Waals surface area (Å²) < 4.78 is 0. The molecule has 1 saturated heterocycles. The number of anilines is 1. The van der Waals surface area contributed by atoms with Gasteiger partial charge in [-0.15, -0.1) is 0 Å². The molecule has 3 amide bonds. The van der Waals surface area contributed by atoms with E-state index in [1.54, 1.807) is 30.1 Å². The molecule has 0 saturated carbocycles. The van der Waals surface area contributed by atoms with Crippen LogP contribution in [-0.2, 0) is 20.9 Å². The number of carbonyl (C=O) groups is 4. The van der Waals surface area contributed by atoms with E-state index in [0.717, 1.165) is 0 Å². The van der Waals surface area contributed by atoms with E-state index in [-0.39, 0.29) is 31.3 Å². The maximum atomic E-state index is 12.6. The molecule has 1 unspecified atom stereocenters. The Hall–Kier alpha value is -2.90. The number of nitrogens with zero attached hydrogens (tertiary/aromatic N) is 2. The van der Waals surface area contributed by atoms with Crippen LogP contribution in [0.25, 0.3) is 0 Å². The summed E-state index contributed by atoms with van der Waals surface area (Å²) in [6.07, 6.45) is 0.493. The first-order valence-electron chi connectivity index (χ1n) is 7.58. The Morgan fingerprint density at radius 1 is 1.38 bits per heavy atom. The van der Waals surface area contributed by atoms with Gasteiger partial charge in [-0.05, 0) is 18.6 Å². The predicted octanol–water partition coefficient (Wildman–Crippen LogP) is -0.0316. The normalized spacial score (nSPS) is 20.0. The van der Waals surface area contributed by atoms with E-state index >= 15 is 0 Å². The molecule has 2 N–H and O–H groups in total. The highest BCUT2D eigenvalue weighted by Crippen LogP contribution is 2.33. The van der Waals surface area contributed by atoms with Gasteiger partial charge in [-0.25, -0.2) is 0 Å². The fourth-order valence-electron chi connectivity index (χ4n) is 3.21. The number of carboxylic acid groups (broad SMARTS) is 1. The third-order valence-corrected chi connectivity index (χ3v) is 4.34. The predicted molar refractivity (Wildman–Crippen MR) is 83.4 cm³/mol. The first-order valence-corrected chi connectivity index (χ1v) is 7.58. The van der Waals surface area contributed by atoms with Crippen molar-refractivity contribution in [3.8, 4) is 0 Å².